The van der Waals surface area contributed by atoms with E-state index < -0.39 is 29.3 Å². The molecule has 0 bridgehead atoms. The van der Waals surface area contributed by atoms with Crippen molar-refractivity contribution in [3.05, 3.63) is 94.2 Å². The lowest BCUT2D eigenvalue weighted by molar-refractivity contribution is -0.132. The van der Waals surface area contributed by atoms with E-state index in [9.17, 15) is 19.1 Å². The Labute approximate surface area is 170 Å². The molecule has 0 saturated carbocycles. The van der Waals surface area contributed by atoms with E-state index in [1.54, 1.807) is 43.3 Å². The summed E-state index contributed by atoms with van der Waals surface area (Å²) in [5.74, 6) is -1.70. The predicted octanol–water partition coefficient (Wildman–Crippen LogP) is 5.01. The number of hydrogen-bond donors (Lipinski definition) is 1. The number of aliphatic hydroxyl groups excluding tert-OH is 1. The zero-order chi connectivity index (χ0) is 20.7. The fourth-order valence-electron chi connectivity index (χ4n) is 3.36. The highest BCUT2D eigenvalue weighted by Crippen LogP contribution is 2.43. The van der Waals surface area contributed by atoms with E-state index >= 15 is 0 Å². The van der Waals surface area contributed by atoms with Gasteiger partial charge in [-0.2, -0.15) is 0 Å². The van der Waals surface area contributed by atoms with Crippen LogP contribution in [0.1, 0.15) is 23.1 Å². The second-order valence-corrected chi connectivity index (χ2v) is 7.04. The lowest BCUT2D eigenvalue weighted by Crippen LogP contribution is -2.29. The van der Waals surface area contributed by atoms with Crippen LogP contribution in [0.15, 0.2) is 70.7 Å². The molecule has 1 aromatic heterocycles. The topological polar surface area (TPSA) is 70.8 Å². The third kappa shape index (κ3) is 3.32. The predicted molar refractivity (Wildman–Crippen MR) is 106 cm³/mol. The van der Waals surface area contributed by atoms with E-state index in [2.05, 4.69) is 0 Å². The lowest BCUT2D eigenvalue weighted by Gasteiger charge is -2.23. The first-order chi connectivity index (χ1) is 13.9. The molecule has 1 aliphatic heterocycles. The van der Waals surface area contributed by atoms with E-state index in [1.165, 1.54) is 17.0 Å². The molecule has 0 aliphatic carbocycles. The quantitative estimate of drug-likeness (QED) is 0.374. The van der Waals surface area contributed by atoms with Crippen molar-refractivity contribution in [1.82, 2.24) is 0 Å². The van der Waals surface area contributed by atoms with Crippen LogP contribution in [0.2, 0.25) is 5.02 Å². The van der Waals surface area contributed by atoms with Gasteiger partial charge in [-0.1, -0.05) is 17.7 Å². The number of aryl methyl sites for hydroxylation is 1. The molecule has 2 heterocycles. The number of carbonyl (C=O) groups is 2. The van der Waals surface area contributed by atoms with Crippen molar-refractivity contribution in [2.45, 2.75) is 13.0 Å². The van der Waals surface area contributed by atoms with Crippen LogP contribution in [-0.4, -0.2) is 16.8 Å². The average Bonchev–Trinajstić information content (AvgIpc) is 3.23. The number of nitrogens with zero attached hydrogens (tertiary/aromatic N) is 1. The number of furan rings is 1. The number of anilines is 1. The molecule has 1 unspecified atom stereocenters. The highest BCUT2D eigenvalue weighted by Gasteiger charge is 2.48. The van der Waals surface area contributed by atoms with Crippen molar-refractivity contribution < 1.29 is 23.5 Å². The average molecular weight is 412 g/mol. The van der Waals surface area contributed by atoms with Crippen molar-refractivity contribution in [3.63, 3.8) is 0 Å². The summed E-state index contributed by atoms with van der Waals surface area (Å²) in [6, 6.07) is 13.8. The van der Waals surface area contributed by atoms with Gasteiger partial charge in [-0.3, -0.25) is 14.5 Å². The van der Waals surface area contributed by atoms with Crippen LogP contribution in [-0.2, 0) is 9.59 Å². The minimum Gasteiger partial charge on any atom is -0.507 e. The Kier molecular flexibility index (Phi) is 4.72. The second-order valence-electron chi connectivity index (χ2n) is 6.60. The van der Waals surface area contributed by atoms with Gasteiger partial charge in [-0.25, -0.2) is 4.39 Å². The van der Waals surface area contributed by atoms with Crippen molar-refractivity contribution in [3.8, 4) is 0 Å². The summed E-state index contributed by atoms with van der Waals surface area (Å²) < 4.78 is 19.0. The van der Waals surface area contributed by atoms with Gasteiger partial charge >= 0.3 is 0 Å². The summed E-state index contributed by atoms with van der Waals surface area (Å²) in [5.41, 5.74) is 0.455. The summed E-state index contributed by atoms with van der Waals surface area (Å²) in [7, 11) is 0. The maximum Gasteiger partial charge on any atom is 0.300 e. The molecular weight excluding hydrogens is 397 g/mol. The molecule has 3 aromatic rings. The fraction of sp³-hybridized carbons (Fsp3) is 0.0909. The van der Waals surface area contributed by atoms with Crippen LogP contribution in [0.5, 0.6) is 0 Å². The molecule has 2 aromatic carbocycles. The Morgan fingerprint density at radius 3 is 2.45 bits per heavy atom. The van der Waals surface area contributed by atoms with Crippen LogP contribution in [0.4, 0.5) is 10.1 Å². The summed E-state index contributed by atoms with van der Waals surface area (Å²) in [6.45, 7) is 1.73. The smallest absolute Gasteiger partial charge is 0.300 e. The second kappa shape index (κ2) is 7.22. The number of aliphatic hydroxyl groups is 1. The Bertz CT molecular complexity index is 1150. The number of ketones is 1. The minimum absolute atomic E-state index is 0.143. The van der Waals surface area contributed by atoms with Crippen molar-refractivity contribution in [2.24, 2.45) is 0 Å². The molecule has 1 N–H and O–H groups in total. The highest BCUT2D eigenvalue weighted by atomic mass is 35.5. The molecule has 1 amide bonds. The van der Waals surface area contributed by atoms with E-state index in [0.29, 0.717) is 22.2 Å². The van der Waals surface area contributed by atoms with Gasteiger partial charge in [0, 0.05) is 16.3 Å². The number of halogens is 2. The standard InChI is InChI=1S/C22H15ClFNO4/c1-12-5-10-17(29-12)19-18(20(26)13-6-8-15(24)9-7-13)21(27)22(28)25(19)16-4-2-3-14(23)11-16/h2-11,19,26H,1H3/b20-18-. The summed E-state index contributed by atoms with van der Waals surface area (Å²) >= 11 is 6.07. The summed E-state index contributed by atoms with van der Waals surface area (Å²) in [5, 5.41) is 11.2. The maximum atomic E-state index is 13.3. The van der Waals surface area contributed by atoms with Gasteiger partial charge < -0.3 is 9.52 Å². The van der Waals surface area contributed by atoms with Gasteiger partial charge in [0.15, 0.2) is 0 Å². The normalized spacial score (nSPS) is 18.4. The van der Waals surface area contributed by atoms with Crippen LogP contribution in [0, 0.1) is 12.7 Å². The van der Waals surface area contributed by atoms with E-state index in [0.717, 1.165) is 12.1 Å². The molecule has 146 valence electrons. The lowest BCUT2D eigenvalue weighted by atomic mass is 9.99. The molecular formula is C22H15ClFNO4. The maximum absolute atomic E-state index is 13.3. The van der Waals surface area contributed by atoms with Gasteiger partial charge in [0.2, 0.25) is 0 Å². The molecule has 1 fully saturated rings. The van der Waals surface area contributed by atoms with Crippen molar-refractivity contribution in [1.29, 1.82) is 0 Å². The first-order valence-corrected chi connectivity index (χ1v) is 9.13. The number of rotatable bonds is 3. The molecule has 29 heavy (non-hydrogen) atoms. The molecule has 1 saturated heterocycles. The van der Waals surface area contributed by atoms with Gasteiger partial charge in [0.05, 0.1) is 5.57 Å². The number of carbonyl (C=O) groups excluding carboxylic acids is 2. The van der Waals surface area contributed by atoms with Gasteiger partial charge in [-0.15, -0.1) is 0 Å². The Balaban J connectivity index is 1.94. The monoisotopic (exact) mass is 411 g/mol. The third-order valence-corrected chi connectivity index (χ3v) is 4.91. The summed E-state index contributed by atoms with van der Waals surface area (Å²) in [4.78, 5) is 27.0. The zero-order valence-electron chi connectivity index (χ0n) is 15.2. The Morgan fingerprint density at radius 1 is 1.10 bits per heavy atom. The Hall–Kier alpha value is -3.38. The fourth-order valence-corrected chi connectivity index (χ4v) is 3.54. The van der Waals surface area contributed by atoms with Crippen LogP contribution < -0.4 is 4.90 Å². The molecule has 5 nitrogen and oxygen atoms in total. The van der Waals surface area contributed by atoms with E-state index in [4.69, 9.17) is 16.0 Å². The molecule has 1 aliphatic rings. The van der Waals surface area contributed by atoms with Crippen molar-refractivity contribution in [2.75, 3.05) is 4.90 Å². The number of hydrogen-bond acceptors (Lipinski definition) is 4. The molecule has 4 rings (SSSR count). The molecule has 7 heteroatoms. The Morgan fingerprint density at radius 2 is 1.83 bits per heavy atom. The molecule has 0 spiro atoms. The van der Waals surface area contributed by atoms with Crippen LogP contribution in [0.25, 0.3) is 5.76 Å². The zero-order valence-corrected chi connectivity index (χ0v) is 16.0. The van der Waals surface area contributed by atoms with Crippen LogP contribution >= 0.6 is 11.6 Å². The largest absolute Gasteiger partial charge is 0.507 e. The third-order valence-electron chi connectivity index (χ3n) is 4.68. The van der Waals surface area contributed by atoms with Crippen molar-refractivity contribution >= 4 is 34.7 Å². The van der Waals surface area contributed by atoms with E-state index in [1.807, 2.05) is 0 Å². The summed E-state index contributed by atoms with van der Waals surface area (Å²) in [6.07, 6.45) is 0. The van der Waals surface area contributed by atoms with Gasteiger partial charge in [-0.05, 0) is 61.5 Å². The van der Waals surface area contributed by atoms with E-state index in [-0.39, 0.29) is 11.1 Å². The minimum atomic E-state index is -0.993. The van der Waals surface area contributed by atoms with Gasteiger partial charge in [0.25, 0.3) is 11.7 Å². The molecule has 1 atom stereocenters. The van der Waals surface area contributed by atoms with Crippen LogP contribution in [0.3, 0.4) is 0 Å². The number of benzene rings is 2. The first kappa shape index (κ1) is 19.0. The highest BCUT2D eigenvalue weighted by molar-refractivity contribution is 6.51. The first-order valence-electron chi connectivity index (χ1n) is 8.75. The number of Topliss-reactive ketones (excluding diaryl/α,β-unsaturated/α-hetero) is 1. The number of amides is 1. The SMILES string of the molecule is Cc1ccc(C2/C(=C(/O)c3ccc(F)cc3)C(=O)C(=O)N2c2cccc(Cl)c2)o1. The van der Waals surface area contributed by atoms with Gasteiger partial charge in [0.1, 0.15) is 29.1 Å². The molecule has 0 radical (unpaired) electrons.